The van der Waals surface area contributed by atoms with Crippen LogP contribution in [0.3, 0.4) is 0 Å². The molecule has 0 aromatic heterocycles. The third-order valence-electron chi connectivity index (χ3n) is 3.82. The second-order valence-corrected chi connectivity index (χ2v) is 6.51. The smallest absolute Gasteiger partial charge is 0.380 e. The van der Waals surface area contributed by atoms with E-state index in [1.54, 1.807) is 19.2 Å². The summed E-state index contributed by atoms with van der Waals surface area (Å²) in [5.74, 6) is 0.700. The molecule has 1 aliphatic heterocycles. The Morgan fingerprint density at radius 3 is 2.36 bits per heavy atom. The summed E-state index contributed by atoms with van der Waals surface area (Å²) in [6, 6.07) is 7.23. The Labute approximate surface area is 145 Å². The molecule has 2 N–H and O–H groups in total. The van der Waals surface area contributed by atoms with E-state index in [-0.39, 0.29) is 12.0 Å². The molecule has 1 saturated heterocycles. The van der Waals surface area contributed by atoms with Gasteiger partial charge in [-0.3, -0.25) is 4.99 Å². The Hall–Kier alpha value is -1.80. The molecule has 0 bridgehead atoms. The molecular formula is C17H24F3N3O2. The van der Waals surface area contributed by atoms with Crippen molar-refractivity contribution in [3.63, 3.8) is 0 Å². The van der Waals surface area contributed by atoms with Crippen LogP contribution in [0.5, 0.6) is 0 Å². The van der Waals surface area contributed by atoms with Crippen LogP contribution in [0.15, 0.2) is 29.3 Å². The second kappa shape index (κ2) is 8.53. The topological polar surface area (TPSA) is 54.9 Å². The van der Waals surface area contributed by atoms with Gasteiger partial charge in [0.05, 0.1) is 19.8 Å². The van der Waals surface area contributed by atoms with E-state index in [1.165, 1.54) is 0 Å². The van der Waals surface area contributed by atoms with Crippen molar-refractivity contribution < 1.29 is 22.6 Å². The van der Waals surface area contributed by atoms with Gasteiger partial charge in [-0.1, -0.05) is 31.2 Å². The van der Waals surface area contributed by atoms with Gasteiger partial charge in [-0.25, -0.2) is 0 Å². The number of ether oxygens (including phenoxy) is 2. The summed E-state index contributed by atoms with van der Waals surface area (Å²) in [5, 5.41) is 6.47. The van der Waals surface area contributed by atoms with Crippen LogP contribution in [-0.2, 0) is 22.6 Å². The van der Waals surface area contributed by atoms with Gasteiger partial charge in [-0.2, -0.15) is 13.2 Å². The highest BCUT2D eigenvalue weighted by Gasteiger charge is 2.33. The first-order valence-electron chi connectivity index (χ1n) is 8.04. The van der Waals surface area contributed by atoms with Crippen LogP contribution in [0.1, 0.15) is 18.1 Å². The first-order valence-corrected chi connectivity index (χ1v) is 8.04. The van der Waals surface area contributed by atoms with Crippen molar-refractivity contribution in [2.45, 2.75) is 26.3 Å². The predicted molar refractivity (Wildman–Crippen MR) is 89.3 cm³/mol. The average molecular weight is 359 g/mol. The van der Waals surface area contributed by atoms with Crippen LogP contribution in [0, 0.1) is 5.41 Å². The lowest BCUT2D eigenvalue weighted by atomic mass is 9.89. The lowest BCUT2D eigenvalue weighted by molar-refractivity contribution is -0.176. The number of guanidine groups is 1. The van der Waals surface area contributed by atoms with Crippen molar-refractivity contribution in [1.82, 2.24) is 10.6 Å². The van der Waals surface area contributed by atoms with E-state index in [4.69, 9.17) is 4.74 Å². The third-order valence-corrected chi connectivity index (χ3v) is 3.82. The Bertz CT molecular complexity index is 569. The number of aliphatic imine (C=N–C) groups is 1. The SMILES string of the molecule is CN=C(NCc1ccc(COCC(F)(F)F)cc1)NCC1(C)COC1. The summed E-state index contributed by atoms with van der Waals surface area (Å²) in [6.07, 6.45) is -4.30. The normalized spacial score (nSPS) is 17.1. The van der Waals surface area contributed by atoms with E-state index >= 15 is 0 Å². The van der Waals surface area contributed by atoms with Crippen molar-refractivity contribution in [2.24, 2.45) is 10.4 Å². The summed E-state index contributed by atoms with van der Waals surface area (Å²) in [7, 11) is 1.70. The van der Waals surface area contributed by atoms with Crippen molar-refractivity contribution in [3.05, 3.63) is 35.4 Å². The van der Waals surface area contributed by atoms with Crippen molar-refractivity contribution in [2.75, 3.05) is 33.4 Å². The molecule has 0 spiro atoms. The standard InChI is InChI=1S/C17H24F3N3O2/c1-16(10-25-11-16)9-23-15(21-2)22-7-13-3-5-14(6-4-13)8-24-12-17(18,19)20/h3-6H,7-12H2,1-2H3,(H2,21,22,23). The zero-order valence-corrected chi connectivity index (χ0v) is 14.4. The van der Waals surface area contributed by atoms with Gasteiger partial charge in [0.15, 0.2) is 5.96 Å². The van der Waals surface area contributed by atoms with Gasteiger partial charge < -0.3 is 20.1 Å². The number of hydrogen-bond donors (Lipinski definition) is 2. The molecule has 1 aromatic rings. The molecule has 0 atom stereocenters. The van der Waals surface area contributed by atoms with Crippen LogP contribution in [0.25, 0.3) is 0 Å². The Balaban J connectivity index is 1.72. The number of halogens is 3. The Kier molecular flexibility index (Phi) is 6.66. The summed E-state index contributed by atoms with van der Waals surface area (Å²) >= 11 is 0. The van der Waals surface area contributed by atoms with Crippen LogP contribution in [0.4, 0.5) is 13.2 Å². The molecule has 1 aromatic carbocycles. The number of alkyl halides is 3. The lowest BCUT2D eigenvalue weighted by Crippen LogP contribution is -2.50. The molecule has 0 saturated carbocycles. The first kappa shape index (κ1) is 19.5. The minimum absolute atomic E-state index is 0.0584. The van der Waals surface area contributed by atoms with E-state index in [1.807, 2.05) is 12.1 Å². The highest BCUT2D eigenvalue weighted by Crippen LogP contribution is 2.24. The second-order valence-electron chi connectivity index (χ2n) is 6.51. The zero-order valence-electron chi connectivity index (χ0n) is 14.4. The molecule has 0 unspecified atom stereocenters. The number of rotatable bonds is 7. The van der Waals surface area contributed by atoms with E-state index in [0.717, 1.165) is 25.3 Å². The van der Waals surface area contributed by atoms with Crippen molar-refractivity contribution >= 4 is 5.96 Å². The van der Waals surface area contributed by atoms with Crippen LogP contribution < -0.4 is 10.6 Å². The predicted octanol–water partition coefficient (Wildman–Crippen LogP) is 2.47. The van der Waals surface area contributed by atoms with Gasteiger partial charge in [-0.05, 0) is 11.1 Å². The monoisotopic (exact) mass is 359 g/mol. The quantitative estimate of drug-likeness (QED) is 0.580. The highest BCUT2D eigenvalue weighted by molar-refractivity contribution is 5.79. The number of nitrogens with one attached hydrogen (secondary N) is 2. The molecule has 1 aliphatic rings. The molecule has 0 aliphatic carbocycles. The van der Waals surface area contributed by atoms with Crippen LogP contribution in [-0.4, -0.2) is 45.5 Å². The van der Waals surface area contributed by atoms with Crippen molar-refractivity contribution in [3.8, 4) is 0 Å². The van der Waals surface area contributed by atoms with Crippen LogP contribution >= 0.6 is 0 Å². The first-order chi connectivity index (χ1) is 11.8. The maximum Gasteiger partial charge on any atom is 0.411 e. The number of hydrogen-bond acceptors (Lipinski definition) is 3. The zero-order chi connectivity index (χ0) is 18.3. The molecule has 5 nitrogen and oxygen atoms in total. The van der Waals surface area contributed by atoms with Gasteiger partial charge in [0, 0.05) is 25.6 Å². The average Bonchev–Trinajstić information content (AvgIpc) is 2.53. The minimum atomic E-state index is -4.30. The van der Waals surface area contributed by atoms with E-state index in [2.05, 4.69) is 27.3 Å². The maximum atomic E-state index is 12.0. The van der Waals surface area contributed by atoms with E-state index < -0.39 is 12.8 Å². The molecule has 25 heavy (non-hydrogen) atoms. The summed E-state index contributed by atoms with van der Waals surface area (Å²) in [6.45, 7) is 3.69. The highest BCUT2D eigenvalue weighted by atomic mass is 19.4. The maximum absolute atomic E-state index is 12.0. The van der Waals surface area contributed by atoms with Gasteiger partial charge in [0.1, 0.15) is 6.61 Å². The molecular weight excluding hydrogens is 335 g/mol. The van der Waals surface area contributed by atoms with E-state index in [0.29, 0.717) is 18.1 Å². The molecule has 1 heterocycles. The summed E-state index contributed by atoms with van der Waals surface area (Å²) < 4.78 is 46.0. The molecule has 0 radical (unpaired) electrons. The third kappa shape index (κ3) is 6.91. The number of nitrogens with zero attached hydrogens (tertiary/aromatic N) is 1. The molecule has 1 fully saturated rings. The fourth-order valence-electron chi connectivity index (χ4n) is 2.29. The van der Waals surface area contributed by atoms with Gasteiger partial charge in [0.25, 0.3) is 0 Å². The Morgan fingerprint density at radius 1 is 1.20 bits per heavy atom. The molecule has 0 amide bonds. The largest absolute Gasteiger partial charge is 0.411 e. The van der Waals surface area contributed by atoms with Gasteiger partial charge >= 0.3 is 6.18 Å². The van der Waals surface area contributed by atoms with Gasteiger partial charge in [-0.15, -0.1) is 0 Å². The molecule has 2 rings (SSSR count). The molecule has 140 valence electrons. The molecule has 8 heteroatoms. The summed E-state index contributed by atoms with van der Waals surface area (Å²) in [4.78, 5) is 4.17. The fraction of sp³-hybridized carbons (Fsp3) is 0.588. The van der Waals surface area contributed by atoms with Crippen LogP contribution in [0.2, 0.25) is 0 Å². The minimum Gasteiger partial charge on any atom is -0.380 e. The van der Waals surface area contributed by atoms with E-state index in [9.17, 15) is 13.2 Å². The summed E-state index contributed by atoms with van der Waals surface area (Å²) in [5.41, 5.74) is 1.85. The Morgan fingerprint density at radius 2 is 1.84 bits per heavy atom. The van der Waals surface area contributed by atoms with Gasteiger partial charge in [0.2, 0.25) is 0 Å². The van der Waals surface area contributed by atoms with Crippen molar-refractivity contribution in [1.29, 1.82) is 0 Å². The number of benzene rings is 1. The fourth-order valence-corrected chi connectivity index (χ4v) is 2.29. The lowest BCUT2D eigenvalue weighted by Gasteiger charge is -2.38.